The second-order valence-corrected chi connectivity index (χ2v) is 16.2. The molecular weight excluding hydrogens is 783 g/mol. The maximum absolute atomic E-state index is 12.6. The summed E-state index contributed by atoms with van der Waals surface area (Å²) in [6, 6.07) is 0. The van der Waals surface area contributed by atoms with Crippen molar-refractivity contribution in [3.8, 4) is 0 Å². The third kappa shape index (κ3) is 35.6. The predicted octanol–water partition coefficient (Wildman–Crippen LogP) is 11.0. The third-order valence-corrected chi connectivity index (χ3v) is 10.1. The van der Waals surface area contributed by atoms with E-state index in [1.807, 2.05) is 12.2 Å². The molecule has 11 nitrogen and oxygen atoms in total. The molecule has 0 aliphatic carbocycles. The molecule has 0 saturated carbocycles. The number of carbonyl (C=O) groups excluding carboxylic acids is 2. The predicted molar refractivity (Wildman–Crippen MR) is 241 cm³/mol. The van der Waals surface area contributed by atoms with Crippen LogP contribution in [-0.2, 0) is 37.4 Å². The molecule has 0 aromatic carbocycles. The first-order chi connectivity index (χ1) is 29.2. The lowest BCUT2D eigenvalue weighted by Gasteiger charge is -2.20. The molecule has 1 fully saturated rings. The summed E-state index contributed by atoms with van der Waals surface area (Å²) in [7, 11) is -4.65. The molecule has 340 valence electrons. The summed E-state index contributed by atoms with van der Waals surface area (Å²) < 4.78 is 38.4. The quantitative estimate of drug-likeness (QED) is 0.0177. The largest absolute Gasteiger partial charge is 0.472 e. The fourth-order valence-corrected chi connectivity index (χ4v) is 6.42. The van der Waals surface area contributed by atoms with E-state index in [0.29, 0.717) is 31.5 Å². The monoisotopic (exact) mass is 861 g/mol. The molecule has 0 aromatic rings. The van der Waals surface area contributed by atoms with Crippen molar-refractivity contribution < 1.29 is 52.5 Å². The first kappa shape index (κ1) is 54.9. The van der Waals surface area contributed by atoms with Gasteiger partial charge in [0.05, 0.1) is 32.0 Å². The molecule has 60 heavy (non-hydrogen) atoms. The van der Waals surface area contributed by atoms with Gasteiger partial charge in [-0.2, -0.15) is 0 Å². The number of hydrogen-bond acceptors (Lipinski definition) is 10. The molecule has 1 aliphatic heterocycles. The van der Waals surface area contributed by atoms with Gasteiger partial charge in [-0.1, -0.05) is 137 Å². The highest BCUT2D eigenvalue weighted by atomic mass is 31.2. The molecule has 12 heteroatoms. The van der Waals surface area contributed by atoms with Gasteiger partial charge in [0.25, 0.3) is 0 Å². The fourth-order valence-electron chi connectivity index (χ4n) is 5.63. The van der Waals surface area contributed by atoms with Gasteiger partial charge in [0, 0.05) is 12.8 Å². The molecule has 0 radical (unpaired) electrons. The van der Waals surface area contributed by atoms with Crippen molar-refractivity contribution in [3.05, 3.63) is 97.2 Å². The third-order valence-electron chi connectivity index (χ3n) is 9.15. The smallest absolute Gasteiger partial charge is 0.462 e. The number of allylic oxidation sites excluding steroid dienone is 15. The molecule has 0 spiro atoms. The van der Waals surface area contributed by atoms with Gasteiger partial charge in [0.15, 0.2) is 6.10 Å². The topological polar surface area (TPSA) is 161 Å². The van der Waals surface area contributed by atoms with Crippen molar-refractivity contribution in [2.45, 2.75) is 167 Å². The Kier molecular flexibility index (Phi) is 35.4. The fraction of sp³-hybridized carbons (Fsp3) is 0.625. The Bertz CT molecular complexity index is 1380. The number of phosphoric ester groups is 1. The van der Waals surface area contributed by atoms with Crippen molar-refractivity contribution in [2.75, 3.05) is 26.4 Å². The van der Waals surface area contributed by atoms with Gasteiger partial charge in [0.1, 0.15) is 12.7 Å². The van der Waals surface area contributed by atoms with E-state index in [-0.39, 0.29) is 19.4 Å². The highest BCUT2D eigenvalue weighted by Crippen LogP contribution is 2.43. The van der Waals surface area contributed by atoms with E-state index >= 15 is 0 Å². The second-order valence-electron chi connectivity index (χ2n) is 14.7. The van der Waals surface area contributed by atoms with Crippen molar-refractivity contribution in [2.24, 2.45) is 0 Å². The molecule has 3 unspecified atom stereocenters. The lowest BCUT2D eigenvalue weighted by Crippen LogP contribution is -2.29. The zero-order valence-electron chi connectivity index (χ0n) is 36.6. The second kappa shape index (κ2) is 38.7. The van der Waals surface area contributed by atoms with Crippen molar-refractivity contribution in [1.82, 2.24) is 0 Å². The number of aliphatic hydroxyl groups is 2. The average Bonchev–Trinajstić information content (AvgIpc) is 3.99. The van der Waals surface area contributed by atoms with E-state index in [1.54, 1.807) is 0 Å². The molecular formula is C48H77O11P. The Labute approximate surface area is 361 Å². The highest BCUT2D eigenvalue weighted by Gasteiger charge is 2.36. The standard InChI is InChI=1S/C48H77O11P/c1-3-5-7-8-9-10-11-12-13-14-15-16-17-18-19-23-26-29-33-37-47(51)55-41-44(42-57-60(53,54)56-40-43(50)39-49)58-48(52)38-34-30-27-24-21-20-22-25-28-32-36-46-45(59-46)35-31-6-4-2/h5,7,9-10,12-13,15-16,18-20,22,24,27-28,32,43-46,49-50H,3-4,6,8,11,14,17,21,23,25-26,29-31,33-42H2,1-2H3,(H,53,54)/b7-5-,10-9-,13-12-,16-15-,19-18-,22-20-,27-24-,32-28-/t43-,44+,45?,46?/m0/s1. The van der Waals surface area contributed by atoms with Gasteiger partial charge in [-0.15, -0.1) is 0 Å². The maximum atomic E-state index is 12.6. The van der Waals surface area contributed by atoms with Crippen LogP contribution < -0.4 is 0 Å². The number of ether oxygens (including phenoxy) is 3. The van der Waals surface area contributed by atoms with Gasteiger partial charge in [0.2, 0.25) is 0 Å². The van der Waals surface area contributed by atoms with Crippen LogP contribution in [0.5, 0.6) is 0 Å². The van der Waals surface area contributed by atoms with Crippen LogP contribution in [0.15, 0.2) is 97.2 Å². The van der Waals surface area contributed by atoms with Gasteiger partial charge in [-0.3, -0.25) is 18.6 Å². The van der Waals surface area contributed by atoms with E-state index in [2.05, 4.69) is 103 Å². The number of carbonyl (C=O) groups is 2. The van der Waals surface area contributed by atoms with Gasteiger partial charge < -0.3 is 29.3 Å². The minimum absolute atomic E-state index is 0.0907. The Balaban J connectivity index is 2.31. The molecule has 0 bridgehead atoms. The van der Waals surface area contributed by atoms with Crippen LogP contribution in [0.4, 0.5) is 0 Å². The van der Waals surface area contributed by atoms with E-state index in [1.165, 1.54) is 25.7 Å². The van der Waals surface area contributed by atoms with Crippen LogP contribution in [0.1, 0.15) is 142 Å². The summed E-state index contributed by atoms with van der Waals surface area (Å²) in [6.07, 6.45) is 49.8. The van der Waals surface area contributed by atoms with Crippen LogP contribution >= 0.6 is 7.82 Å². The minimum Gasteiger partial charge on any atom is -0.462 e. The normalized spacial score (nSPS) is 18.1. The molecule has 1 saturated heterocycles. The first-order valence-electron chi connectivity index (χ1n) is 22.3. The van der Waals surface area contributed by atoms with Crippen LogP contribution in [0.25, 0.3) is 0 Å². The number of unbranched alkanes of at least 4 members (excludes halogenated alkanes) is 6. The summed E-state index contributed by atoms with van der Waals surface area (Å²) >= 11 is 0. The van der Waals surface area contributed by atoms with E-state index in [4.69, 9.17) is 23.8 Å². The molecule has 1 rings (SSSR count). The van der Waals surface area contributed by atoms with Crippen LogP contribution in [0, 0.1) is 0 Å². The van der Waals surface area contributed by atoms with Crippen molar-refractivity contribution in [1.29, 1.82) is 0 Å². The number of rotatable bonds is 39. The Morgan fingerprint density at radius 1 is 0.617 bits per heavy atom. The summed E-state index contributed by atoms with van der Waals surface area (Å²) in [5.41, 5.74) is 0. The molecule has 1 heterocycles. The molecule has 1 aliphatic rings. The van der Waals surface area contributed by atoms with E-state index in [9.17, 15) is 24.2 Å². The van der Waals surface area contributed by atoms with Gasteiger partial charge in [-0.25, -0.2) is 4.57 Å². The van der Waals surface area contributed by atoms with Crippen LogP contribution in [-0.4, -0.2) is 77.9 Å². The number of esters is 2. The summed E-state index contributed by atoms with van der Waals surface area (Å²) in [6.45, 7) is 2.10. The first-order valence-corrected chi connectivity index (χ1v) is 23.8. The van der Waals surface area contributed by atoms with E-state index in [0.717, 1.165) is 70.6 Å². The zero-order chi connectivity index (χ0) is 43.8. The zero-order valence-corrected chi connectivity index (χ0v) is 37.5. The number of epoxide rings is 1. The Morgan fingerprint density at radius 3 is 1.73 bits per heavy atom. The number of hydrogen-bond donors (Lipinski definition) is 3. The molecule has 5 atom stereocenters. The number of phosphoric acid groups is 1. The van der Waals surface area contributed by atoms with E-state index < -0.39 is 51.8 Å². The lowest BCUT2D eigenvalue weighted by molar-refractivity contribution is -0.161. The summed E-state index contributed by atoms with van der Waals surface area (Å²) in [5.74, 6) is -1.04. The summed E-state index contributed by atoms with van der Waals surface area (Å²) in [5, 5.41) is 18.3. The Morgan fingerprint density at radius 2 is 1.15 bits per heavy atom. The average molecular weight is 861 g/mol. The van der Waals surface area contributed by atoms with Crippen LogP contribution in [0.3, 0.4) is 0 Å². The summed E-state index contributed by atoms with van der Waals surface area (Å²) in [4.78, 5) is 35.0. The van der Waals surface area contributed by atoms with Gasteiger partial charge >= 0.3 is 19.8 Å². The van der Waals surface area contributed by atoms with Crippen molar-refractivity contribution in [3.63, 3.8) is 0 Å². The molecule has 0 amide bonds. The SMILES string of the molecule is CC/C=C\C/C=C\C/C=C\C/C=C\C/C=C\CCCCCC(=O)OC[C@H](COP(=O)(O)OC[C@@H](O)CO)OC(=O)CCC/C=C\C/C=C\C/C=C\CC1OC1CCCCC. The minimum atomic E-state index is -4.65. The molecule has 0 aromatic heterocycles. The van der Waals surface area contributed by atoms with Crippen molar-refractivity contribution >= 4 is 19.8 Å². The maximum Gasteiger partial charge on any atom is 0.472 e. The van der Waals surface area contributed by atoms with Gasteiger partial charge in [-0.05, 0) is 89.9 Å². The highest BCUT2D eigenvalue weighted by molar-refractivity contribution is 7.47. The number of aliphatic hydroxyl groups excluding tert-OH is 2. The lowest BCUT2D eigenvalue weighted by atomic mass is 10.1. The Hall–Kier alpha value is -3.15. The van der Waals surface area contributed by atoms with Crippen LogP contribution in [0.2, 0.25) is 0 Å². The molecule has 3 N–H and O–H groups in total.